The molecule has 0 spiro atoms. The SMILES string of the molecule is Cc1cc(NC(C)c2ccc(F)cc2)n2ncnc2c1. The minimum absolute atomic E-state index is 0.0461. The number of rotatable bonds is 3. The van der Waals surface area contributed by atoms with Gasteiger partial charge in [0.25, 0.3) is 0 Å². The number of fused-ring (bicyclic) bond motifs is 1. The summed E-state index contributed by atoms with van der Waals surface area (Å²) in [7, 11) is 0. The minimum Gasteiger partial charge on any atom is -0.363 e. The highest BCUT2D eigenvalue weighted by Gasteiger charge is 2.09. The van der Waals surface area contributed by atoms with Gasteiger partial charge in [0.05, 0.1) is 0 Å². The first kappa shape index (κ1) is 12.6. The summed E-state index contributed by atoms with van der Waals surface area (Å²) >= 11 is 0. The average Bonchev–Trinajstić information content (AvgIpc) is 2.87. The van der Waals surface area contributed by atoms with E-state index in [0.717, 1.165) is 22.6 Å². The monoisotopic (exact) mass is 270 g/mol. The Hall–Kier alpha value is -2.43. The molecule has 1 atom stereocenters. The smallest absolute Gasteiger partial charge is 0.157 e. The van der Waals surface area contributed by atoms with Gasteiger partial charge in [-0.15, -0.1) is 0 Å². The van der Waals surface area contributed by atoms with Gasteiger partial charge in [-0.2, -0.15) is 9.61 Å². The van der Waals surface area contributed by atoms with Crippen LogP contribution in [-0.2, 0) is 0 Å². The highest BCUT2D eigenvalue weighted by molar-refractivity contribution is 5.52. The number of pyridine rings is 1. The van der Waals surface area contributed by atoms with Crippen molar-refractivity contribution in [1.82, 2.24) is 14.6 Å². The van der Waals surface area contributed by atoms with Crippen LogP contribution in [0, 0.1) is 12.7 Å². The van der Waals surface area contributed by atoms with Crippen molar-refractivity contribution >= 4 is 11.5 Å². The van der Waals surface area contributed by atoms with Crippen LogP contribution in [0.3, 0.4) is 0 Å². The Labute approximate surface area is 116 Å². The van der Waals surface area contributed by atoms with Crippen LogP contribution < -0.4 is 5.32 Å². The fourth-order valence-electron chi connectivity index (χ4n) is 2.22. The molecular formula is C15H15FN4. The zero-order valence-electron chi connectivity index (χ0n) is 11.3. The summed E-state index contributed by atoms with van der Waals surface area (Å²) in [5.41, 5.74) is 2.93. The first-order valence-electron chi connectivity index (χ1n) is 6.46. The Balaban J connectivity index is 1.92. The van der Waals surface area contributed by atoms with Gasteiger partial charge in [0.15, 0.2) is 5.65 Å². The molecule has 1 unspecified atom stereocenters. The van der Waals surface area contributed by atoms with Gasteiger partial charge in [0, 0.05) is 6.04 Å². The van der Waals surface area contributed by atoms with E-state index in [-0.39, 0.29) is 11.9 Å². The molecule has 20 heavy (non-hydrogen) atoms. The van der Waals surface area contributed by atoms with Gasteiger partial charge in [0.2, 0.25) is 0 Å². The van der Waals surface area contributed by atoms with Gasteiger partial charge in [-0.05, 0) is 49.2 Å². The zero-order valence-corrected chi connectivity index (χ0v) is 11.3. The van der Waals surface area contributed by atoms with Gasteiger partial charge in [-0.1, -0.05) is 12.1 Å². The van der Waals surface area contributed by atoms with Crippen LogP contribution in [0.1, 0.15) is 24.1 Å². The number of nitrogens with zero attached hydrogens (tertiary/aromatic N) is 3. The Morgan fingerprint density at radius 3 is 2.70 bits per heavy atom. The number of aromatic nitrogens is 3. The molecule has 2 aromatic heterocycles. The van der Waals surface area contributed by atoms with Crippen LogP contribution in [-0.4, -0.2) is 14.6 Å². The van der Waals surface area contributed by atoms with E-state index in [2.05, 4.69) is 15.4 Å². The van der Waals surface area contributed by atoms with Crippen LogP contribution in [0.25, 0.3) is 5.65 Å². The van der Waals surface area contributed by atoms with Gasteiger partial charge in [-0.3, -0.25) is 0 Å². The summed E-state index contributed by atoms with van der Waals surface area (Å²) in [4.78, 5) is 4.19. The van der Waals surface area contributed by atoms with Crippen LogP contribution >= 0.6 is 0 Å². The minimum atomic E-state index is -0.227. The van der Waals surface area contributed by atoms with Crippen molar-refractivity contribution in [3.05, 3.63) is 59.7 Å². The zero-order chi connectivity index (χ0) is 14.1. The second-order valence-electron chi connectivity index (χ2n) is 4.87. The maximum atomic E-state index is 13.0. The molecule has 0 saturated carbocycles. The molecular weight excluding hydrogens is 255 g/mol. The summed E-state index contributed by atoms with van der Waals surface area (Å²) in [6, 6.07) is 10.5. The molecule has 2 heterocycles. The quantitative estimate of drug-likeness (QED) is 0.793. The molecule has 0 bridgehead atoms. The number of halogens is 1. The van der Waals surface area contributed by atoms with Gasteiger partial charge >= 0.3 is 0 Å². The third kappa shape index (κ3) is 2.34. The molecule has 3 rings (SSSR count). The Bertz CT molecular complexity index is 733. The van der Waals surface area contributed by atoms with Crippen molar-refractivity contribution in [2.45, 2.75) is 19.9 Å². The van der Waals surface area contributed by atoms with E-state index in [1.165, 1.54) is 18.5 Å². The molecule has 0 aliphatic heterocycles. The summed E-state index contributed by atoms with van der Waals surface area (Å²) in [6.07, 6.45) is 1.53. The largest absolute Gasteiger partial charge is 0.363 e. The Morgan fingerprint density at radius 1 is 1.20 bits per heavy atom. The maximum Gasteiger partial charge on any atom is 0.157 e. The Kier molecular flexibility index (Phi) is 3.10. The first-order chi connectivity index (χ1) is 9.63. The number of anilines is 1. The van der Waals surface area contributed by atoms with E-state index in [0.29, 0.717) is 0 Å². The van der Waals surface area contributed by atoms with Crippen LogP contribution in [0.4, 0.5) is 10.2 Å². The lowest BCUT2D eigenvalue weighted by Crippen LogP contribution is -2.10. The molecule has 5 heteroatoms. The fourth-order valence-corrected chi connectivity index (χ4v) is 2.22. The van der Waals surface area contributed by atoms with Crippen molar-refractivity contribution in [1.29, 1.82) is 0 Å². The topological polar surface area (TPSA) is 42.2 Å². The molecule has 1 aromatic carbocycles. The van der Waals surface area contributed by atoms with E-state index in [9.17, 15) is 4.39 Å². The molecule has 0 fully saturated rings. The third-order valence-corrected chi connectivity index (χ3v) is 3.26. The molecule has 102 valence electrons. The highest BCUT2D eigenvalue weighted by Crippen LogP contribution is 2.21. The molecule has 0 saturated heterocycles. The van der Waals surface area contributed by atoms with E-state index in [4.69, 9.17) is 0 Å². The lowest BCUT2D eigenvalue weighted by molar-refractivity contribution is 0.626. The summed E-state index contributed by atoms with van der Waals surface area (Å²) in [5.74, 6) is 0.643. The number of nitrogens with one attached hydrogen (secondary N) is 1. The lowest BCUT2D eigenvalue weighted by Gasteiger charge is -2.16. The normalized spacial score (nSPS) is 12.6. The second kappa shape index (κ2) is 4.92. The summed E-state index contributed by atoms with van der Waals surface area (Å²) < 4.78 is 14.7. The third-order valence-electron chi connectivity index (χ3n) is 3.26. The molecule has 0 aliphatic rings. The molecule has 0 radical (unpaired) electrons. The predicted molar refractivity (Wildman–Crippen MR) is 76.2 cm³/mol. The molecule has 0 aliphatic carbocycles. The van der Waals surface area contributed by atoms with E-state index in [1.807, 2.05) is 26.0 Å². The van der Waals surface area contributed by atoms with E-state index >= 15 is 0 Å². The van der Waals surface area contributed by atoms with Crippen molar-refractivity contribution in [3.8, 4) is 0 Å². The van der Waals surface area contributed by atoms with Crippen LogP contribution in [0.5, 0.6) is 0 Å². The number of hydrogen-bond acceptors (Lipinski definition) is 3. The molecule has 1 N–H and O–H groups in total. The average molecular weight is 270 g/mol. The number of hydrogen-bond donors (Lipinski definition) is 1. The molecule has 4 nitrogen and oxygen atoms in total. The lowest BCUT2D eigenvalue weighted by atomic mass is 10.1. The van der Waals surface area contributed by atoms with Crippen LogP contribution in [0.15, 0.2) is 42.7 Å². The Morgan fingerprint density at radius 2 is 1.95 bits per heavy atom. The molecule has 0 amide bonds. The van der Waals surface area contributed by atoms with E-state index < -0.39 is 0 Å². The first-order valence-corrected chi connectivity index (χ1v) is 6.46. The summed E-state index contributed by atoms with van der Waals surface area (Å²) in [6.45, 7) is 4.04. The van der Waals surface area contributed by atoms with Gasteiger partial charge in [-0.25, -0.2) is 9.37 Å². The highest BCUT2D eigenvalue weighted by atomic mass is 19.1. The number of aryl methyl sites for hydroxylation is 1. The number of benzene rings is 1. The standard InChI is InChI=1S/C15H15FN4/c1-10-7-14-17-9-18-20(14)15(8-10)19-11(2)12-3-5-13(16)6-4-12/h3-9,11,19H,1-2H3. The molecule has 3 aromatic rings. The van der Waals surface area contributed by atoms with Crippen LogP contribution in [0.2, 0.25) is 0 Å². The van der Waals surface area contributed by atoms with Gasteiger partial charge < -0.3 is 5.32 Å². The van der Waals surface area contributed by atoms with Gasteiger partial charge in [0.1, 0.15) is 18.0 Å². The van der Waals surface area contributed by atoms with Crippen molar-refractivity contribution in [2.75, 3.05) is 5.32 Å². The maximum absolute atomic E-state index is 13.0. The second-order valence-corrected chi connectivity index (χ2v) is 4.87. The van der Waals surface area contributed by atoms with Crippen molar-refractivity contribution in [2.24, 2.45) is 0 Å². The van der Waals surface area contributed by atoms with Crippen molar-refractivity contribution < 1.29 is 4.39 Å². The fraction of sp³-hybridized carbons (Fsp3) is 0.200. The van der Waals surface area contributed by atoms with E-state index in [1.54, 1.807) is 16.6 Å². The summed E-state index contributed by atoms with van der Waals surface area (Å²) in [5, 5.41) is 7.59. The predicted octanol–water partition coefficient (Wildman–Crippen LogP) is 3.35. The van der Waals surface area contributed by atoms with Crippen molar-refractivity contribution in [3.63, 3.8) is 0 Å².